The Morgan fingerprint density at radius 2 is 1.81 bits per heavy atom. The van der Waals surface area contributed by atoms with Crippen molar-refractivity contribution in [3.05, 3.63) is 29.8 Å². The van der Waals surface area contributed by atoms with Crippen LogP contribution >= 0.6 is 0 Å². The van der Waals surface area contributed by atoms with Gasteiger partial charge in [-0.3, -0.25) is 0 Å². The number of nitrogens with one attached hydrogen (secondary N) is 1. The number of rotatable bonds is 3. The Kier molecular flexibility index (Phi) is 7.67. The monoisotopic (exact) mass is 225 g/mol. The van der Waals surface area contributed by atoms with Gasteiger partial charge >= 0.3 is 6.09 Å². The summed E-state index contributed by atoms with van der Waals surface area (Å²) in [6.07, 6.45) is -0.430. The average Bonchev–Trinajstić information content (AvgIpc) is 2.38. The molecule has 16 heavy (non-hydrogen) atoms. The number of hydrogen-bond donors (Lipinski definition) is 1. The molecule has 90 valence electrons. The standard InChI is InChI=1S/C10H13NO3.C2H6/c1-11-10(12)14-7-8-3-5-9(13-2)6-4-8;1-2/h3-6H,7H2,1-2H3,(H,11,12);1-2H3. The fourth-order valence-electron chi connectivity index (χ4n) is 0.943. The molecule has 1 aromatic carbocycles. The maximum Gasteiger partial charge on any atom is 0.407 e. The maximum absolute atomic E-state index is 10.8. The summed E-state index contributed by atoms with van der Waals surface area (Å²) in [6.45, 7) is 4.27. The number of benzene rings is 1. The largest absolute Gasteiger partial charge is 0.497 e. The zero-order valence-electron chi connectivity index (χ0n) is 10.2. The molecule has 4 nitrogen and oxygen atoms in total. The van der Waals surface area contributed by atoms with Crippen LogP contribution in [0.2, 0.25) is 0 Å². The SMILES string of the molecule is CC.CNC(=O)OCc1ccc(OC)cc1. The van der Waals surface area contributed by atoms with Crippen LogP contribution in [0.1, 0.15) is 19.4 Å². The molecule has 1 amide bonds. The molecule has 0 saturated heterocycles. The second-order valence-corrected chi connectivity index (χ2v) is 2.67. The van der Waals surface area contributed by atoms with Crippen LogP contribution in [-0.2, 0) is 11.3 Å². The first-order valence-corrected chi connectivity index (χ1v) is 5.23. The van der Waals surface area contributed by atoms with Crippen molar-refractivity contribution in [3.8, 4) is 5.75 Å². The van der Waals surface area contributed by atoms with E-state index in [1.165, 1.54) is 7.05 Å². The van der Waals surface area contributed by atoms with E-state index in [2.05, 4.69) is 5.32 Å². The third-order valence-corrected chi connectivity index (χ3v) is 1.73. The van der Waals surface area contributed by atoms with Gasteiger partial charge < -0.3 is 14.8 Å². The molecule has 1 rings (SSSR count). The zero-order chi connectivity index (χ0) is 12.4. The first kappa shape index (κ1) is 14.3. The number of ether oxygens (including phenoxy) is 2. The van der Waals surface area contributed by atoms with Gasteiger partial charge in [0.15, 0.2) is 0 Å². The number of carbonyl (C=O) groups excluding carboxylic acids is 1. The second-order valence-electron chi connectivity index (χ2n) is 2.67. The summed E-state index contributed by atoms with van der Waals surface area (Å²) >= 11 is 0. The highest BCUT2D eigenvalue weighted by molar-refractivity contribution is 5.66. The smallest absolute Gasteiger partial charge is 0.407 e. The van der Waals surface area contributed by atoms with Gasteiger partial charge in [-0.1, -0.05) is 26.0 Å². The summed E-state index contributed by atoms with van der Waals surface area (Å²) in [6, 6.07) is 7.34. The normalized spacial score (nSPS) is 8.50. The van der Waals surface area contributed by atoms with Crippen LogP contribution in [0.5, 0.6) is 5.75 Å². The van der Waals surface area contributed by atoms with Gasteiger partial charge in [0, 0.05) is 7.05 Å². The lowest BCUT2D eigenvalue weighted by molar-refractivity contribution is 0.142. The molecule has 0 aliphatic carbocycles. The molecule has 0 aliphatic heterocycles. The maximum atomic E-state index is 10.8. The molecule has 0 heterocycles. The Morgan fingerprint density at radius 3 is 2.25 bits per heavy atom. The van der Waals surface area contributed by atoms with Crippen molar-refractivity contribution >= 4 is 6.09 Å². The molecule has 0 radical (unpaired) electrons. The lowest BCUT2D eigenvalue weighted by atomic mass is 10.2. The molecule has 0 atom stereocenters. The molecule has 4 heteroatoms. The number of methoxy groups -OCH3 is 1. The van der Waals surface area contributed by atoms with E-state index in [-0.39, 0.29) is 6.61 Å². The Morgan fingerprint density at radius 1 is 1.25 bits per heavy atom. The topological polar surface area (TPSA) is 47.6 Å². The van der Waals surface area contributed by atoms with Gasteiger partial charge in [0.1, 0.15) is 12.4 Å². The summed E-state index contributed by atoms with van der Waals surface area (Å²) in [5, 5.41) is 2.37. The van der Waals surface area contributed by atoms with Gasteiger partial charge in [0.05, 0.1) is 7.11 Å². The summed E-state index contributed by atoms with van der Waals surface area (Å²) in [5.74, 6) is 0.786. The van der Waals surface area contributed by atoms with Crippen LogP contribution in [0.4, 0.5) is 4.79 Å². The van der Waals surface area contributed by atoms with Crippen molar-refractivity contribution in [2.24, 2.45) is 0 Å². The van der Waals surface area contributed by atoms with Gasteiger partial charge in [0.25, 0.3) is 0 Å². The van der Waals surface area contributed by atoms with E-state index in [1.54, 1.807) is 7.11 Å². The van der Waals surface area contributed by atoms with E-state index in [4.69, 9.17) is 9.47 Å². The Hall–Kier alpha value is -1.71. The predicted octanol–water partition coefficient (Wildman–Crippen LogP) is 2.58. The molecule has 0 fully saturated rings. The van der Waals surface area contributed by atoms with E-state index >= 15 is 0 Å². The fraction of sp³-hybridized carbons (Fsp3) is 0.417. The van der Waals surface area contributed by atoms with Crippen LogP contribution in [0.3, 0.4) is 0 Å². The molecule has 1 N–H and O–H groups in total. The lowest BCUT2D eigenvalue weighted by Crippen LogP contribution is -2.18. The molecule has 0 saturated carbocycles. The highest BCUT2D eigenvalue weighted by atomic mass is 16.5. The average molecular weight is 225 g/mol. The lowest BCUT2D eigenvalue weighted by Gasteiger charge is -2.04. The number of hydrogen-bond acceptors (Lipinski definition) is 3. The third-order valence-electron chi connectivity index (χ3n) is 1.73. The van der Waals surface area contributed by atoms with Gasteiger partial charge in [-0.2, -0.15) is 0 Å². The molecular weight excluding hydrogens is 206 g/mol. The van der Waals surface area contributed by atoms with E-state index in [0.29, 0.717) is 0 Å². The quantitative estimate of drug-likeness (QED) is 0.860. The fourth-order valence-corrected chi connectivity index (χ4v) is 0.943. The Labute approximate surface area is 96.6 Å². The zero-order valence-corrected chi connectivity index (χ0v) is 10.2. The van der Waals surface area contributed by atoms with Crippen LogP contribution in [0.15, 0.2) is 24.3 Å². The number of amides is 1. The van der Waals surface area contributed by atoms with E-state index in [0.717, 1.165) is 11.3 Å². The minimum Gasteiger partial charge on any atom is -0.497 e. The van der Waals surface area contributed by atoms with Crippen LogP contribution < -0.4 is 10.1 Å². The van der Waals surface area contributed by atoms with Gasteiger partial charge in [-0.15, -0.1) is 0 Å². The molecule has 0 spiro atoms. The molecule has 1 aromatic rings. The van der Waals surface area contributed by atoms with Crippen LogP contribution in [-0.4, -0.2) is 20.3 Å². The molecule has 0 aromatic heterocycles. The van der Waals surface area contributed by atoms with E-state index < -0.39 is 6.09 Å². The number of carbonyl (C=O) groups is 1. The first-order valence-electron chi connectivity index (χ1n) is 5.23. The number of alkyl carbamates (subject to hydrolysis) is 1. The second kappa shape index (κ2) is 8.59. The van der Waals surface area contributed by atoms with Gasteiger partial charge in [0.2, 0.25) is 0 Å². The van der Waals surface area contributed by atoms with Crippen LogP contribution in [0, 0.1) is 0 Å². The van der Waals surface area contributed by atoms with Gasteiger partial charge in [-0.25, -0.2) is 4.79 Å². The first-order chi connectivity index (χ1) is 7.76. The van der Waals surface area contributed by atoms with Gasteiger partial charge in [-0.05, 0) is 17.7 Å². The summed E-state index contributed by atoms with van der Waals surface area (Å²) in [7, 11) is 3.13. The van der Waals surface area contributed by atoms with Crippen molar-refractivity contribution in [3.63, 3.8) is 0 Å². The van der Waals surface area contributed by atoms with E-state index in [9.17, 15) is 4.79 Å². The van der Waals surface area contributed by atoms with Crippen molar-refractivity contribution in [2.45, 2.75) is 20.5 Å². The molecule has 0 bridgehead atoms. The van der Waals surface area contributed by atoms with Crippen molar-refractivity contribution < 1.29 is 14.3 Å². The highest BCUT2D eigenvalue weighted by Crippen LogP contribution is 2.11. The summed E-state index contributed by atoms with van der Waals surface area (Å²) in [5.41, 5.74) is 0.925. The minimum atomic E-state index is -0.430. The summed E-state index contributed by atoms with van der Waals surface area (Å²) < 4.78 is 9.86. The summed E-state index contributed by atoms with van der Waals surface area (Å²) in [4.78, 5) is 10.8. The third kappa shape index (κ3) is 5.24. The minimum absolute atomic E-state index is 0.268. The Bertz CT molecular complexity index is 296. The predicted molar refractivity (Wildman–Crippen MR) is 63.6 cm³/mol. The molecule has 0 aliphatic rings. The molecular formula is C12H19NO3. The Balaban J connectivity index is 0.00000106. The van der Waals surface area contributed by atoms with Crippen molar-refractivity contribution in [1.29, 1.82) is 0 Å². The van der Waals surface area contributed by atoms with Crippen LogP contribution in [0.25, 0.3) is 0 Å². The van der Waals surface area contributed by atoms with Crippen molar-refractivity contribution in [2.75, 3.05) is 14.2 Å². The molecule has 0 unspecified atom stereocenters. The van der Waals surface area contributed by atoms with E-state index in [1.807, 2.05) is 38.1 Å². The van der Waals surface area contributed by atoms with Crippen molar-refractivity contribution in [1.82, 2.24) is 5.32 Å². The highest BCUT2D eigenvalue weighted by Gasteiger charge is 1.99.